The molecule has 2 heterocycles. The number of urea groups is 1. The molecule has 8 heteroatoms. The molecule has 1 aromatic heterocycles. The van der Waals surface area contributed by atoms with Crippen molar-refractivity contribution in [3.05, 3.63) is 41.6 Å². The highest BCUT2D eigenvalue weighted by Crippen LogP contribution is 2.60. The van der Waals surface area contributed by atoms with Gasteiger partial charge in [-0.15, -0.1) is 0 Å². The van der Waals surface area contributed by atoms with E-state index < -0.39 is 15.6 Å². The van der Waals surface area contributed by atoms with E-state index in [1.807, 2.05) is 44.2 Å². The van der Waals surface area contributed by atoms with Crippen LogP contribution in [0.15, 0.2) is 30.3 Å². The van der Waals surface area contributed by atoms with E-state index in [1.54, 1.807) is 4.90 Å². The topological polar surface area (TPSA) is 90.1 Å². The molecule has 30 heavy (non-hydrogen) atoms. The predicted octanol–water partition coefficient (Wildman–Crippen LogP) is 4.25. The number of anilines is 2. The monoisotopic (exact) mass is 429 g/mol. The largest absolute Gasteiger partial charge is 0.322 e. The third-order valence-corrected chi connectivity index (χ3v) is 9.66. The molecular weight excluding hydrogens is 398 g/mol. The molecule has 0 radical (unpaired) electrons. The van der Waals surface area contributed by atoms with Gasteiger partial charge < -0.3 is 15.5 Å². The quantitative estimate of drug-likeness (QED) is 0.679. The molecule has 0 spiro atoms. The Balaban J connectivity index is 1.54. The van der Waals surface area contributed by atoms with Crippen LogP contribution >= 0.6 is 10.0 Å². The highest BCUT2D eigenvalue weighted by atomic mass is 32.3. The Morgan fingerprint density at radius 3 is 2.33 bits per heavy atom. The second-order valence-corrected chi connectivity index (χ2v) is 14.0. The van der Waals surface area contributed by atoms with Crippen LogP contribution in [-0.2, 0) is 16.9 Å². The van der Waals surface area contributed by atoms with E-state index in [-0.39, 0.29) is 16.7 Å². The van der Waals surface area contributed by atoms with Crippen LogP contribution in [-0.4, -0.2) is 50.5 Å². The highest BCUT2D eigenvalue weighted by molar-refractivity contribution is 8.33. The van der Waals surface area contributed by atoms with Crippen LogP contribution in [0.1, 0.15) is 44.4 Å². The number of carbonyl (C=O) groups excluding carboxylic acids is 2. The van der Waals surface area contributed by atoms with Gasteiger partial charge >= 0.3 is 6.03 Å². The summed E-state index contributed by atoms with van der Waals surface area (Å²) in [6, 6.07) is 9.23. The third-order valence-electron chi connectivity index (χ3n) is 6.72. The molecule has 1 aromatic carbocycles. The molecule has 1 aliphatic carbocycles. The SMILES string of the molecule is CC1(C)c2[nH]nc(NC(=O)C3(S(C)(C)C)CCC3)c2CN1C(=O)Nc1ccccc1. The van der Waals surface area contributed by atoms with Gasteiger partial charge in [-0.05, 0) is 64.0 Å². The molecule has 3 amide bonds. The Labute approximate surface area is 179 Å². The molecule has 4 rings (SSSR count). The van der Waals surface area contributed by atoms with Crippen molar-refractivity contribution in [2.75, 3.05) is 29.4 Å². The summed E-state index contributed by atoms with van der Waals surface area (Å²) in [5.74, 6) is 0.614. The molecule has 0 bridgehead atoms. The Hall–Kier alpha value is -2.48. The van der Waals surface area contributed by atoms with Gasteiger partial charge in [0, 0.05) is 11.3 Å². The second-order valence-electron chi connectivity index (χ2n) is 9.51. The van der Waals surface area contributed by atoms with E-state index in [0.29, 0.717) is 12.4 Å². The van der Waals surface area contributed by atoms with Crippen molar-refractivity contribution in [2.24, 2.45) is 0 Å². The molecular formula is C22H31N5O2S. The number of aromatic nitrogens is 2. The minimum absolute atomic E-state index is 0.0653. The fourth-order valence-electron chi connectivity index (χ4n) is 4.49. The van der Waals surface area contributed by atoms with Crippen LogP contribution in [0, 0.1) is 0 Å². The summed E-state index contributed by atoms with van der Waals surface area (Å²) >= 11 is 0. The van der Waals surface area contributed by atoms with Crippen LogP contribution in [0.2, 0.25) is 0 Å². The Morgan fingerprint density at radius 2 is 1.77 bits per heavy atom. The van der Waals surface area contributed by atoms with E-state index in [1.165, 1.54) is 0 Å². The average Bonchev–Trinajstić information content (AvgIpc) is 3.12. The van der Waals surface area contributed by atoms with Gasteiger partial charge in [0.05, 0.1) is 22.5 Å². The minimum Gasteiger partial charge on any atom is -0.309 e. The lowest BCUT2D eigenvalue weighted by Crippen LogP contribution is -2.51. The lowest BCUT2D eigenvalue weighted by Gasteiger charge is -2.53. The van der Waals surface area contributed by atoms with Crippen molar-refractivity contribution in [3.8, 4) is 0 Å². The van der Waals surface area contributed by atoms with Gasteiger partial charge in [0.25, 0.3) is 0 Å². The number of rotatable bonds is 4. The summed E-state index contributed by atoms with van der Waals surface area (Å²) in [7, 11) is -1.05. The zero-order valence-electron chi connectivity index (χ0n) is 18.3. The molecule has 0 saturated heterocycles. The maximum atomic E-state index is 13.2. The normalized spacial score (nSPS) is 19.6. The Kier molecular flexibility index (Phi) is 4.88. The zero-order valence-corrected chi connectivity index (χ0v) is 19.2. The minimum atomic E-state index is -1.05. The fourth-order valence-corrected chi connectivity index (χ4v) is 6.61. The summed E-state index contributed by atoms with van der Waals surface area (Å²) in [6.07, 6.45) is 9.58. The number of fused-ring (bicyclic) bond motifs is 1. The highest BCUT2D eigenvalue weighted by Gasteiger charge is 2.51. The van der Waals surface area contributed by atoms with Crippen molar-refractivity contribution in [1.82, 2.24) is 15.1 Å². The lowest BCUT2D eigenvalue weighted by atomic mass is 9.83. The van der Waals surface area contributed by atoms with Crippen LogP contribution in [0.3, 0.4) is 0 Å². The van der Waals surface area contributed by atoms with E-state index in [4.69, 9.17) is 0 Å². The average molecular weight is 430 g/mol. The number of hydrogen-bond donors (Lipinski definition) is 3. The third kappa shape index (κ3) is 3.17. The first-order chi connectivity index (χ1) is 14.1. The maximum absolute atomic E-state index is 13.2. The number of H-pyrrole nitrogens is 1. The number of para-hydroxylation sites is 1. The van der Waals surface area contributed by atoms with E-state index in [9.17, 15) is 9.59 Å². The van der Waals surface area contributed by atoms with Gasteiger partial charge in [0.2, 0.25) is 5.91 Å². The standard InChI is InChI=1S/C22H31N5O2S/c1-21(2)17-16(14-27(21)20(29)23-15-10-7-6-8-11-15)18(26-25-17)24-19(28)22(12-9-13-22)30(3,4)5/h6-8,10-11H,9,12-14H2,1-5H3,(H,23,29)(H2,24,25,26,28). The lowest BCUT2D eigenvalue weighted by molar-refractivity contribution is -0.120. The fraction of sp³-hybridized carbons (Fsp3) is 0.500. The summed E-state index contributed by atoms with van der Waals surface area (Å²) in [6.45, 7) is 4.36. The summed E-state index contributed by atoms with van der Waals surface area (Å²) < 4.78 is -0.280. The van der Waals surface area contributed by atoms with Gasteiger partial charge in [-0.1, -0.05) is 18.2 Å². The molecule has 0 unspecified atom stereocenters. The molecule has 3 N–H and O–H groups in total. The number of carbonyl (C=O) groups is 2. The Bertz CT molecular complexity index is 973. The van der Waals surface area contributed by atoms with Gasteiger partial charge in [-0.3, -0.25) is 9.89 Å². The van der Waals surface area contributed by atoms with Crippen molar-refractivity contribution in [1.29, 1.82) is 0 Å². The first kappa shape index (κ1) is 20.8. The maximum Gasteiger partial charge on any atom is 0.322 e. The summed E-state index contributed by atoms with van der Waals surface area (Å²) in [5.41, 5.74) is 1.94. The van der Waals surface area contributed by atoms with Crippen molar-refractivity contribution < 1.29 is 9.59 Å². The molecule has 7 nitrogen and oxygen atoms in total. The predicted molar refractivity (Wildman–Crippen MR) is 123 cm³/mol. The van der Waals surface area contributed by atoms with Crippen molar-refractivity contribution >= 4 is 33.5 Å². The van der Waals surface area contributed by atoms with E-state index in [0.717, 1.165) is 36.2 Å². The van der Waals surface area contributed by atoms with E-state index >= 15 is 0 Å². The number of benzene rings is 1. The van der Waals surface area contributed by atoms with Crippen LogP contribution in [0.25, 0.3) is 0 Å². The number of hydrogen-bond acceptors (Lipinski definition) is 3. The first-order valence-corrected chi connectivity index (χ1v) is 13.1. The number of nitrogens with one attached hydrogen (secondary N) is 3. The van der Waals surface area contributed by atoms with E-state index in [2.05, 4.69) is 39.6 Å². The number of aromatic amines is 1. The van der Waals surface area contributed by atoms with Crippen molar-refractivity contribution in [2.45, 2.75) is 49.9 Å². The molecule has 1 saturated carbocycles. The molecule has 1 fully saturated rings. The summed E-state index contributed by atoms with van der Waals surface area (Å²) in [5, 5.41) is 13.5. The molecule has 162 valence electrons. The molecule has 2 aliphatic rings. The van der Waals surface area contributed by atoms with Gasteiger partial charge in [-0.25, -0.2) is 14.8 Å². The van der Waals surface area contributed by atoms with Crippen LogP contribution < -0.4 is 10.6 Å². The molecule has 1 aliphatic heterocycles. The number of amides is 3. The Morgan fingerprint density at radius 1 is 1.10 bits per heavy atom. The number of nitrogens with zero attached hydrogens (tertiary/aromatic N) is 2. The smallest absolute Gasteiger partial charge is 0.309 e. The van der Waals surface area contributed by atoms with Crippen LogP contribution in [0.5, 0.6) is 0 Å². The second kappa shape index (κ2) is 7.04. The molecule has 0 atom stereocenters. The van der Waals surface area contributed by atoms with Gasteiger partial charge in [-0.2, -0.15) is 5.10 Å². The van der Waals surface area contributed by atoms with Crippen LogP contribution in [0.4, 0.5) is 16.3 Å². The summed E-state index contributed by atoms with van der Waals surface area (Å²) in [4.78, 5) is 28.0. The zero-order chi connectivity index (χ0) is 21.7. The molecule has 2 aromatic rings. The van der Waals surface area contributed by atoms with Crippen molar-refractivity contribution in [3.63, 3.8) is 0 Å². The first-order valence-electron chi connectivity index (χ1n) is 10.3. The van der Waals surface area contributed by atoms with Gasteiger partial charge in [0.1, 0.15) is 0 Å². The van der Waals surface area contributed by atoms with Gasteiger partial charge in [0.15, 0.2) is 5.82 Å².